The van der Waals surface area contributed by atoms with Crippen LogP contribution in [0.5, 0.6) is 0 Å². The maximum Gasteiger partial charge on any atom is 0.326 e. The molecule has 6 heteroatoms. The first-order chi connectivity index (χ1) is 12.7. The van der Waals surface area contributed by atoms with Crippen LogP contribution in [-0.4, -0.2) is 35.0 Å². The van der Waals surface area contributed by atoms with Crippen molar-refractivity contribution in [2.45, 2.75) is 97.1 Å². The van der Waals surface area contributed by atoms with Crippen molar-refractivity contribution < 1.29 is 19.5 Å². The number of carbonyl (C=O) groups excluding carboxylic acids is 2. The second-order valence-corrected chi connectivity index (χ2v) is 9.54. The van der Waals surface area contributed by atoms with Gasteiger partial charge in [0.1, 0.15) is 6.04 Å². The summed E-state index contributed by atoms with van der Waals surface area (Å²) >= 11 is 0. The first-order valence-electron chi connectivity index (χ1n) is 10.5. The minimum absolute atomic E-state index is 0.0357. The summed E-state index contributed by atoms with van der Waals surface area (Å²) in [5.74, 6) is -0.929. The summed E-state index contributed by atoms with van der Waals surface area (Å²) in [6.07, 6.45) is 8.44. The average Bonchev–Trinajstić information content (AvgIpc) is 3.12. The molecule has 3 N–H and O–H groups in total. The molecule has 2 saturated carbocycles. The molecule has 1 unspecified atom stereocenters. The van der Waals surface area contributed by atoms with Gasteiger partial charge in [0.15, 0.2) is 0 Å². The largest absolute Gasteiger partial charge is 0.480 e. The van der Waals surface area contributed by atoms with Crippen molar-refractivity contribution in [3.8, 4) is 0 Å². The van der Waals surface area contributed by atoms with Crippen molar-refractivity contribution in [3.05, 3.63) is 0 Å². The Morgan fingerprint density at radius 3 is 2.00 bits per heavy atom. The molecule has 0 aliphatic heterocycles. The minimum Gasteiger partial charge on any atom is -0.480 e. The molecular weight excluding hydrogens is 344 g/mol. The van der Waals surface area contributed by atoms with E-state index in [2.05, 4.69) is 31.4 Å². The number of carboxylic acids is 1. The van der Waals surface area contributed by atoms with E-state index in [-0.39, 0.29) is 35.1 Å². The van der Waals surface area contributed by atoms with E-state index < -0.39 is 12.0 Å². The second-order valence-electron chi connectivity index (χ2n) is 9.54. The van der Waals surface area contributed by atoms with Crippen molar-refractivity contribution in [2.24, 2.45) is 17.3 Å². The molecule has 0 bridgehead atoms. The lowest BCUT2D eigenvalue weighted by atomic mass is 9.84. The fourth-order valence-electron chi connectivity index (χ4n) is 4.13. The zero-order chi connectivity index (χ0) is 20.0. The highest BCUT2D eigenvalue weighted by atomic mass is 16.4. The van der Waals surface area contributed by atoms with E-state index in [1.807, 2.05) is 0 Å². The third-order valence-electron chi connectivity index (χ3n) is 5.97. The van der Waals surface area contributed by atoms with Crippen molar-refractivity contribution in [1.82, 2.24) is 10.6 Å². The highest BCUT2D eigenvalue weighted by Gasteiger charge is 2.31. The van der Waals surface area contributed by atoms with Crippen LogP contribution in [0.25, 0.3) is 0 Å². The molecule has 0 aromatic rings. The average molecular weight is 381 g/mol. The quantitative estimate of drug-likeness (QED) is 0.632. The summed E-state index contributed by atoms with van der Waals surface area (Å²) in [5, 5.41) is 15.3. The SMILES string of the molecule is CC(C)(C)CCC(NC(=O)C1CCC(NC(=O)C2CCCC2)CC1)C(=O)O. The van der Waals surface area contributed by atoms with E-state index in [1.54, 1.807) is 0 Å². The van der Waals surface area contributed by atoms with E-state index in [9.17, 15) is 19.5 Å². The number of aliphatic carboxylic acids is 1. The van der Waals surface area contributed by atoms with Gasteiger partial charge in [-0.1, -0.05) is 33.6 Å². The molecule has 2 rings (SSSR count). The van der Waals surface area contributed by atoms with Gasteiger partial charge >= 0.3 is 5.97 Å². The number of carbonyl (C=O) groups is 3. The Morgan fingerprint density at radius 2 is 1.48 bits per heavy atom. The molecule has 0 spiro atoms. The van der Waals surface area contributed by atoms with Crippen LogP contribution in [0.3, 0.4) is 0 Å². The molecule has 6 nitrogen and oxygen atoms in total. The molecule has 0 aromatic heterocycles. The summed E-state index contributed by atoms with van der Waals surface area (Å²) < 4.78 is 0. The molecule has 1 atom stereocenters. The zero-order valence-electron chi connectivity index (χ0n) is 17.1. The Kier molecular flexibility index (Phi) is 7.68. The molecule has 2 aliphatic rings. The first-order valence-corrected chi connectivity index (χ1v) is 10.5. The van der Waals surface area contributed by atoms with E-state index in [0.29, 0.717) is 19.3 Å². The summed E-state index contributed by atoms with van der Waals surface area (Å²) in [4.78, 5) is 36.2. The van der Waals surface area contributed by atoms with E-state index in [4.69, 9.17) is 0 Å². The second kappa shape index (κ2) is 9.56. The van der Waals surface area contributed by atoms with Gasteiger partial charge in [0.25, 0.3) is 0 Å². The van der Waals surface area contributed by atoms with Crippen molar-refractivity contribution >= 4 is 17.8 Å². The summed E-state index contributed by atoms with van der Waals surface area (Å²) in [7, 11) is 0. The van der Waals surface area contributed by atoms with Crippen molar-refractivity contribution in [1.29, 1.82) is 0 Å². The van der Waals surface area contributed by atoms with Gasteiger partial charge in [-0.3, -0.25) is 9.59 Å². The van der Waals surface area contributed by atoms with Crippen LogP contribution in [0.2, 0.25) is 0 Å². The third kappa shape index (κ3) is 7.15. The van der Waals surface area contributed by atoms with Crippen LogP contribution >= 0.6 is 0 Å². The molecule has 27 heavy (non-hydrogen) atoms. The fraction of sp³-hybridized carbons (Fsp3) is 0.857. The van der Waals surface area contributed by atoms with Crippen LogP contribution in [0.1, 0.15) is 85.0 Å². The summed E-state index contributed by atoms with van der Waals surface area (Å²) in [5.41, 5.74) is 0.0357. The van der Waals surface area contributed by atoms with Gasteiger partial charge in [-0.2, -0.15) is 0 Å². The lowest BCUT2D eigenvalue weighted by Crippen LogP contribution is -2.46. The molecule has 0 heterocycles. The molecule has 0 saturated heterocycles. The van der Waals surface area contributed by atoms with E-state index in [1.165, 1.54) is 0 Å². The Bertz CT molecular complexity index is 527. The van der Waals surface area contributed by atoms with Crippen LogP contribution in [0, 0.1) is 17.3 Å². The van der Waals surface area contributed by atoms with Gasteiger partial charge in [0.2, 0.25) is 11.8 Å². The van der Waals surface area contributed by atoms with E-state index in [0.717, 1.165) is 44.9 Å². The number of amides is 2. The van der Waals surface area contributed by atoms with Gasteiger partial charge in [0.05, 0.1) is 0 Å². The normalized spacial score (nSPS) is 25.0. The Morgan fingerprint density at radius 1 is 0.926 bits per heavy atom. The lowest BCUT2D eigenvalue weighted by Gasteiger charge is -2.30. The van der Waals surface area contributed by atoms with Crippen LogP contribution in [0.15, 0.2) is 0 Å². The summed E-state index contributed by atoms with van der Waals surface area (Å²) in [6.45, 7) is 6.19. The predicted octanol–water partition coefficient (Wildman–Crippen LogP) is 3.25. The molecule has 2 amide bonds. The highest BCUT2D eigenvalue weighted by Crippen LogP contribution is 2.28. The number of carboxylic acid groups (broad SMARTS) is 1. The molecule has 0 aromatic carbocycles. The maximum atomic E-state index is 12.5. The topological polar surface area (TPSA) is 95.5 Å². The van der Waals surface area contributed by atoms with Gasteiger partial charge in [-0.15, -0.1) is 0 Å². The maximum absolute atomic E-state index is 12.5. The van der Waals surface area contributed by atoms with Crippen molar-refractivity contribution in [2.75, 3.05) is 0 Å². The summed E-state index contributed by atoms with van der Waals surface area (Å²) in [6, 6.07) is -0.671. The number of hydrogen-bond donors (Lipinski definition) is 3. The monoisotopic (exact) mass is 380 g/mol. The van der Waals surface area contributed by atoms with Gasteiger partial charge in [0, 0.05) is 17.9 Å². The molecule has 0 radical (unpaired) electrons. The van der Waals surface area contributed by atoms with E-state index >= 15 is 0 Å². The third-order valence-corrected chi connectivity index (χ3v) is 5.97. The molecular formula is C21H36N2O4. The molecule has 154 valence electrons. The smallest absolute Gasteiger partial charge is 0.326 e. The fourth-order valence-corrected chi connectivity index (χ4v) is 4.13. The van der Waals surface area contributed by atoms with Crippen molar-refractivity contribution in [3.63, 3.8) is 0 Å². The number of nitrogens with one attached hydrogen (secondary N) is 2. The van der Waals surface area contributed by atoms with Gasteiger partial charge in [-0.25, -0.2) is 4.79 Å². The zero-order valence-corrected chi connectivity index (χ0v) is 17.1. The van der Waals surface area contributed by atoms with Crippen LogP contribution in [-0.2, 0) is 14.4 Å². The van der Waals surface area contributed by atoms with Crippen LogP contribution < -0.4 is 10.6 Å². The standard InChI is InChI=1S/C21H36N2O4/c1-21(2,3)13-12-17(20(26)27)23-19(25)15-8-10-16(11-9-15)22-18(24)14-6-4-5-7-14/h14-17H,4-13H2,1-3H3,(H,22,24)(H,23,25)(H,26,27). The minimum atomic E-state index is -0.967. The Balaban J connectivity index is 1.75. The molecule has 2 fully saturated rings. The first kappa shape index (κ1) is 21.7. The van der Waals surface area contributed by atoms with Gasteiger partial charge in [-0.05, 0) is 56.8 Å². The predicted molar refractivity (Wildman–Crippen MR) is 104 cm³/mol. The number of hydrogen-bond acceptors (Lipinski definition) is 3. The Labute approximate surface area is 162 Å². The van der Waals surface area contributed by atoms with Gasteiger partial charge < -0.3 is 15.7 Å². The Hall–Kier alpha value is -1.59. The lowest BCUT2D eigenvalue weighted by molar-refractivity contribution is -0.143. The molecule has 2 aliphatic carbocycles. The van der Waals surface area contributed by atoms with Crippen LogP contribution in [0.4, 0.5) is 0 Å². The number of rotatable bonds is 7. The highest BCUT2D eigenvalue weighted by molar-refractivity contribution is 5.85.